The Bertz CT molecular complexity index is 1870. The number of carbonyl (C=O) groups excluding carboxylic acids is 1. The number of hydrogen-bond donors (Lipinski definition) is 1. The van der Waals surface area contributed by atoms with E-state index in [0.717, 1.165) is 80.8 Å². The standard InChI is InChI=1S/C36H35Cl2N3OS/c1-22-11-10-14-31(23(22)2)40-35(42)34-27-13-6-4-5-7-16-33(27)43-36(34)39-20-28-24(3)41(32-15-9-8-12-26(28)32)21-25-17-18-29(37)30(38)19-25/h8-12,14-15,17-20H,4-7,13,16,21H2,1-3H3,(H,40,42). The van der Waals surface area contributed by atoms with Crippen molar-refractivity contribution in [1.82, 2.24) is 4.57 Å². The van der Waals surface area contributed by atoms with Crippen LogP contribution in [0.4, 0.5) is 10.7 Å². The van der Waals surface area contributed by atoms with E-state index < -0.39 is 0 Å². The molecule has 7 heteroatoms. The molecule has 3 aromatic carbocycles. The molecule has 0 atom stereocenters. The number of aromatic nitrogens is 1. The number of halogens is 2. The Morgan fingerprint density at radius 2 is 1.74 bits per heavy atom. The fourth-order valence-corrected chi connectivity index (χ4v) is 7.62. The molecule has 0 saturated carbocycles. The molecule has 0 bridgehead atoms. The second-order valence-electron chi connectivity index (χ2n) is 11.4. The smallest absolute Gasteiger partial charge is 0.259 e. The average molecular weight is 629 g/mol. The SMILES string of the molecule is Cc1cccc(NC(=O)c2c(N=Cc3c(C)n(Cc4ccc(Cl)c(Cl)c4)c4ccccc34)sc3c2CCCCCC3)c1C. The van der Waals surface area contributed by atoms with Crippen molar-refractivity contribution in [2.45, 2.75) is 65.8 Å². The lowest BCUT2D eigenvalue weighted by atomic mass is 9.96. The molecule has 1 N–H and O–H groups in total. The molecule has 220 valence electrons. The molecule has 2 heterocycles. The van der Waals surface area contributed by atoms with Crippen molar-refractivity contribution in [3.05, 3.63) is 115 Å². The van der Waals surface area contributed by atoms with Crippen molar-refractivity contribution in [1.29, 1.82) is 0 Å². The van der Waals surface area contributed by atoms with Crippen LogP contribution >= 0.6 is 34.5 Å². The van der Waals surface area contributed by atoms with Crippen molar-refractivity contribution in [3.63, 3.8) is 0 Å². The van der Waals surface area contributed by atoms with Crippen LogP contribution in [-0.4, -0.2) is 16.7 Å². The van der Waals surface area contributed by atoms with Crippen molar-refractivity contribution >= 4 is 68.3 Å². The highest BCUT2D eigenvalue weighted by molar-refractivity contribution is 7.16. The predicted octanol–water partition coefficient (Wildman–Crippen LogP) is 10.6. The molecular weight excluding hydrogens is 593 g/mol. The Kier molecular flexibility index (Phi) is 8.76. The maximum Gasteiger partial charge on any atom is 0.259 e. The summed E-state index contributed by atoms with van der Waals surface area (Å²) in [4.78, 5) is 20.4. The molecule has 43 heavy (non-hydrogen) atoms. The van der Waals surface area contributed by atoms with Crippen LogP contribution in [0.3, 0.4) is 0 Å². The lowest BCUT2D eigenvalue weighted by molar-refractivity contribution is 0.102. The lowest BCUT2D eigenvalue weighted by Crippen LogP contribution is -2.15. The first-order valence-electron chi connectivity index (χ1n) is 14.9. The van der Waals surface area contributed by atoms with E-state index in [2.05, 4.69) is 61.0 Å². The first-order valence-corrected chi connectivity index (χ1v) is 16.5. The van der Waals surface area contributed by atoms with Gasteiger partial charge in [0.1, 0.15) is 5.00 Å². The van der Waals surface area contributed by atoms with Gasteiger partial charge in [0.05, 0.1) is 15.6 Å². The summed E-state index contributed by atoms with van der Waals surface area (Å²) in [7, 11) is 0. The second-order valence-corrected chi connectivity index (χ2v) is 13.3. The molecule has 1 aliphatic carbocycles. The van der Waals surface area contributed by atoms with Crippen LogP contribution in [0.2, 0.25) is 10.0 Å². The Morgan fingerprint density at radius 1 is 0.953 bits per heavy atom. The molecule has 1 amide bonds. The number of para-hydroxylation sites is 1. The van der Waals surface area contributed by atoms with E-state index >= 15 is 0 Å². The maximum absolute atomic E-state index is 14.0. The van der Waals surface area contributed by atoms with Gasteiger partial charge in [-0.2, -0.15) is 0 Å². The number of thiophene rings is 1. The van der Waals surface area contributed by atoms with Gasteiger partial charge in [-0.3, -0.25) is 4.79 Å². The molecule has 0 saturated heterocycles. The summed E-state index contributed by atoms with van der Waals surface area (Å²) < 4.78 is 2.29. The van der Waals surface area contributed by atoms with E-state index in [-0.39, 0.29) is 5.91 Å². The molecule has 0 radical (unpaired) electrons. The average Bonchev–Trinajstić information content (AvgIpc) is 3.45. The van der Waals surface area contributed by atoms with Gasteiger partial charge in [0, 0.05) is 45.5 Å². The summed E-state index contributed by atoms with van der Waals surface area (Å²) in [5.41, 5.74) is 9.37. The van der Waals surface area contributed by atoms with Gasteiger partial charge in [0.15, 0.2) is 0 Å². The van der Waals surface area contributed by atoms with E-state index in [9.17, 15) is 4.79 Å². The quantitative estimate of drug-likeness (QED) is 0.187. The number of anilines is 1. The molecule has 2 aromatic heterocycles. The minimum absolute atomic E-state index is 0.0716. The fraction of sp³-hybridized carbons (Fsp3) is 0.278. The third kappa shape index (κ3) is 6.04. The minimum Gasteiger partial charge on any atom is -0.340 e. The number of fused-ring (bicyclic) bond motifs is 2. The van der Waals surface area contributed by atoms with Crippen LogP contribution < -0.4 is 5.32 Å². The summed E-state index contributed by atoms with van der Waals surface area (Å²) in [5, 5.41) is 6.24. The fourth-order valence-electron chi connectivity index (χ4n) is 6.07. The van der Waals surface area contributed by atoms with Crippen molar-refractivity contribution in [2.75, 3.05) is 5.32 Å². The van der Waals surface area contributed by atoms with E-state index in [1.54, 1.807) is 11.3 Å². The summed E-state index contributed by atoms with van der Waals surface area (Å²) in [6, 6.07) is 20.2. The highest BCUT2D eigenvalue weighted by atomic mass is 35.5. The maximum atomic E-state index is 14.0. The van der Waals surface area contributed by atoms with Crippen molar-refractivity contribution < 1.29 is 4.79 Å². The molecule has 0 aliphatic heterocycles. The van der Waals surface area contributed by atoms with Gasteiger partial charge < -0.3 is 9.88 Å². The lowest BCUT2D eigenvalue weighted by Gasteiger charge is -2.13. The number of hydrogen-bond acceptors (Lipinski definition) is 3. The largest absolute Gasteiger partial charge is 0.340 e. The molecule has 0 spiro atoms. The number of rotatable bonds is 6. The van der Waals surface area contributed by atoms with Gasteiger partial charge in [-0.25, -0.2) is 4.99 Å². The van der Waals surface area contributed by atoms with Crippen LogP contribution in [-0.2, 0) is 19.4 Å². The molecule has 1 aliphatic rings. The van der Waals surface area contributed by atoms with Crippen LogP contribution in [0.15, 0.2) is 65.7 Å². The Morgan fingerprint density at radius 3 is 2.56 bits per heavy atom. The molecular formula is C36H35Cl2N3OS. The summed E-state index contributed by atoms with van der Waals surface area (Å²) in [6.07, 6.45) is 8.55. The summed E-state index contributed by atoms with van der Waals surface area (Å²) >= 11 is 14.2. The van der Waals surface area contributed by atoms with E-state index in [1.165, 1.54) is 23.3 Å². The first-order chi connectivity index (χ1) is 20.8. The van der Waals surface area contributed by atoms with Crippen LogP contribution in [0.1, 0.15) is 74.4 Å². The van der Waals surface area contributed by atoms with Gasteiger partial charge in [-0.05, 0) is 93.0 Å². The van der Waals surface area contributed by atoms with Crippen LogP contribution in [0, 0.1) is 20.8 Å². The number of amides is 1. The number of aliphatic imine (C=N–C) groups is 1. The van der Waals surface area contributed by atoms with Gasteiger partial charge in [0.2, 0.25) is 0 Å². The third-order valence-electron chi connectivity index (χ3n) is 8.65. The van der Waals surface area contributed by atoms with Crippen molar-refractivity contribution in [3.8, 4) is 0 Å². The Hall–Kier alpha value is -3.38. The number of nitrogens with zero attached hydrogens (tertiary/aromatic N) is 2. The molecule has 6 rings (SSSR count). The monoisotopic (exact) mass is 627 g/mol. The normalized spacial score (nSPS) is 13.7. The number of benzene rings is 3. The van der Waals surface area contributed by atoms with Crippen molar-refractivity contribution in [2.24, 2.45) is 4.99 Å². The van der Waals surface area contributed by atoms with E-state index in [0.29, 0.717) is 16.6 Å². The predicted molar refractivity (Wildman–Crippen MR) is 184 cm³/mol. The second kappa shape index (κ2) is 12.7. The Balaban J connectivity index is 1.41. The molecule has 5 aromatic rings. The highest BCUT2D eigenvalue weighted by Crippen LogP contribution is 2.40. The number of aryl methyl sites for hydroxylation is 2. The van der Waals surface area contributed by atoms with Gasteiger partial charge in [-0.1, -0.05) is 72.4 Å². The number of carbonyl (C=O) groups is 1. The summed E-state index contributed by atoms with van der Waals surface area (Å²) in [5.74, 6) is -0.0716. The van der Waals surface area contributed by atoms with E-state index in [1.807, 2.05) is 36.5 Å². The Labute approximate surface area is 267 Å². The van der Waals surface area contributed by atoms with Gasteiger partial charge in [-0.15, -0.1) is 11.3 Å². The zero-order chi connectivity index (χ0) is 30.1. The topological polar surface area (TPSA) is 46.4 Å². The zero-order valence-corrected chi connectivity index (χ0v) is 27.1. The highest BCUT2D eigenvalue weighted by Gasteiger charge is 2.25. The van der Waals surface area contributed by atoms with Crippen LogP contribution in [0.5, 0.6) is 0 Å². The molecule has 0 unspecified atom stereocenters. The van der Waals surface area contributed by atoms with Crippen LogP contribution in [0.25, 0.3) is 10.9 Å². The summed E-state index contributed by atoms with van der Waals surface area (Å²) in [6.45, 7) is 6.91. The minimum atomic E-state index is -0.0716. The molecule has 0 fully saturated rings. The molecule has 4 nitrogen and oxygen atoms in total. The van der Waals surface area contributed by atoms with Gasteiger partial charge in [0.25, 0.3) is 5.91 Å². The third-order valence-corrected chi connectivity index (χ3v) is 10.6. The van der Waals surface area contributed by atoms with E-state index in [4.69, 9.17) is 28.2 Å². The van der Waals surface area contributed by atoms with Gasteiger partial charge >= 0.3 is 0 Å². The number of nitrogens with one attached hydrogen (secondary N) is 1. The first kappa shape index (κ1) is 29.7. The zero-order valence-electron chi connectivity index (χ0n) is 24.8.